The van der Waals surface area contributed by atoms with E-state index in [-0.39, 0.29) is 11.8 Å². The van der Waals surface area contributed by atoms with Gasteiger partial charge in [0, 0.05) is 25.0 Å². The first-order chi connectivity index (χ1) is 11.7. The number of carbonyl (C=O) groups is 2. The van der Waals surface area contributed by atoms with Gasteiger partial charge in [0.05, 0.1) is 24.5 Å². The van der Waals surface area contributed by atoms with E-state index in [0.717, 1.165) is 0 Å². The number of thiazole rings is 1. The maximum Gasteiger partial charge on any atom is 0.275 e. The molecule has 1 fully saturated rings. The number of nitrogens with two attached hydrogens (primary N) is 1. The van der Waals surface area contributed by atoms with Gasteiger partial charge >= 0.3 is 0 Å². The number of ether oxygens (including phenoxy) is 1. The molecule has 1 aliphatic heterocycles. The van der Waals surface area contributed by atoms with Crippen molar-refractivity contribution in [3.8, 4) is 0 Å². The van der Waals surface area contributed by atoms with Gasteiger partial charge in [-0.1, -0.05) is 12.1 Å². The van der Waals surface area contributed by atoms with E-state index in [4.69, 9.17) is 10.5 Å². The molecular formula is C16H18N4O3S. The fourth-order valence-electron chi connectivity index (χ4n) is 2.41. The summed E-state index contributed by atoms with van der Waals surface area (Å²) in [5, 5.41) is 5.12. The topological polar surface area (TPSA) is 97.5 Å². The molecule has 0 spiro atoms. The van der Waals surface area contributed by atoms with Gasteiger partial charge in [-0.25, -0.2) is 4.98 Å². The fraction of sp³-hybridized carbons (Fsp3) is 0.312. The number of anilines is 1. The van der Waals surface area contributed by atoms with E-state index in [1.54, 1.807) is 34.5 Å². The molecule has 0 atom stereocenters. The smallest absolute Gasteiger partial charge is 0.275 e. The molecule has 2 heterocycles. The van der Waals surface area contributed by atoms with Crippen molar-refractivity contribution in [1.29, 1.82) is 0 Å². The lowest BCUT2D eigenvalue weighted by atomic mass is 10.1. The molecule has 3 rings (SSSR count). The SMILES string of the molecule is NCc1nc(C(=O)Nc2ccccc2C(=O)N2CCOCC2)cs1. The second-order valence-corrected chi connectivity index (χ2v) is 6.18. The van der Waals surface area contributed by atoms with Gasteiger partial charge in [0.25, 0.3) is 11.8 Å². The number of benzene rings is 1. The van der Waals surface area contributed by atoms with Crippen LogP contribution in [-0.2, 0) is 11.3 Å². The van der Waals surface area contributed by atoms with Crippen LogP contribution >= 0.6 is 11.3 Å². The summed E-state index contributed by atoms with van der Waals surface area (Å²) >= 11 is 1.34. The molecule has 8 heteroatoms. The van der Waals surface area contributed by atoms with Gasteiger partial charge < -0.3 is 20.7 Å². The van der Waals surface area contributed by atoms with Crippen LogP contribution < -0.4 is 11.1 Å². The van der Waals surface area contributed by atoms with Crippen molar-refractivity contribution in [2.24, 2.45) is 5.73 Å². The largest absolute Gasteiger partial charge is 0.378 e. The van der Waals surface area contributed by atoms with Crippen molar-refractivity contribution in [2.45, 2.75) is 6.54 Å². The summed E-state index contributed by atoms with van der Waals surface area (Å²) in [6.07, 6.45) is 0. The summed E-state index contributed by atoms with van der Waals surface area (Å²) in [6.45, 7) is 2.45. The predicted molar refractivity (Wildman–Crippen MR) is 91.1 cm³/mol. The van der Waals surface area contributed by atoms with Crippen LogP contribution in [0.15, 0.2) is 29.6 Å². The number of aromatic nitrogens is 1. The Morgan fingerprint density at radius 2 is 2.04 bits per heavy atom. The minimum absolute atomic E-state index is 0.116. The maximum absolute atomic E-state index is 12.7. The van der Waals surface area contributed by atoms with Crippen LogP contribution in [0.3, 0.4) is 0 Å². The highest BCUT2D eigenvalue weighted by atomic mass is 32.1. The molecule has 1 aromatic carbocycles. The van der Waals surface area contributed by atoms with E-state index >= 15 is 0 Å². The molecule has 1 saturated heterocycles. The first kappa shape index (κ1) is 16.6. The maximum atomic E-state index is 12.7. The van der Waals surface area contributed by atoms with E-state index in [2.05, 4.69) is 10.3 Å². The number of nitrogens with zero attached hydrogens (tertiary/aromatic N) is 2. The zero-order valence-electron chi connectivity index (χ0n) is 13.0. The van der Waals surface area contributed by atoms with E-state index in [1.807, 2.05) is 0 Å². The van der Waals surface area contributed by atoms with Gasteiger partial charge in [0.1, 0.15) is 10.7 Å². The highest BCUT2D eigenvalue weighted by Gasteiger charge is 2.22. The molecular weight excluding hydrogens is 328 g/mol. The van der Waals surface area contributed by atoms with E-state index in [0.29, 0.717) is 54.8 Å². The normalized spacial score (nSPS) is 14.5. The number of carbonyl (C=O) groups excluding carboxylic acids is 2. The standard InChI is InChI=1S/C16H18N4O3S/c17-9-14-18-13(10-24-14)15(21)19-12-4-2-1-3-11(12)16(22)20-5-7-23-8-6-20/h1-4,10H,5-9,17H2,(H,19,21). The Labute approximate surface area is 143 Å². The Morgan fingerprint density at radius 3 is 2.75 bits per heavy atom. The molecule has 1 aromatic heterocycles. The summed E-state index contributed by atoms with van der Waals surface area (Å²) in [5.74, 6) is -0.469. The van der Waals surface area contributed by atoms with Crippen molar-refractivity contribution < 1.29 is 14.3 Å². The van der Waals surface area contributed by atoms with Crippen molar-refractivity contribution in [3.05, 3.63) is 45.9 Å². The minimum atomic E-state index is -0.354. The second-order valence-electron chi connectivity index (χ2n) is 5.23. The monoisotopic (exact) mass is 346 g/mol. The number of hydrogen-bond donors (Lipinski definition) is 2. The third-order valence-corrected chi connectivity index (χ3v) is 4.53. The number of amides is 2. The average Bonchev–Trinajstić information content (AvgIpc) is 3.12. The Balaban J connectivity index is 1.78. The molecule has 0 saturated carbocycles. The lowest BCUT2D eigenvalue weighted by Crippen LogP contribution is -2.41. The lowest BCUT2D eigenvalue weighted by Gasteiger charge is -2.27. The molecule has 1 aliphatic rings. The fourth-order valence-corrected chi connectivity index (χ4v) is 3.07. The highest BCUT2D eigenvalue weighted by molar-refractivity contribution is 7.09. The Bertz CT molecular complexity index is 740. The van der Waals surface area contributed by atoms with Gasteiger partial charge in [0.15, 0.2) is 0 Å². The van der Waals surface area contributed by atoms with Gasteiger partial charge in [-0.05, 0) is 12.1 Å². The number of morpholine rings is 1. The Morgan fingerprint density at radius 1 is 1.29 bits per heavy atom. The molecule has 0 bridgehead atoms. The summed E-state index contributed by atoms with van der Waals surface area (Å²) in [6, 6.07) is 6.97. The van der Waals surface area contributed by atoms with Gasteiger partial charge in [0.2, 0.25) is 0 Å². The van der Waals surface area contributed by atoms with Crippen LogP contribution in [0.25, 0.3) is 0 Å². The molecule has 126 valence electrons. The first-order valence-corrected chi connectivity index (χ1v) is 8.49. The van der Waals surface area contributed by atoms with Crippen LogP contribution in [-0.4, -0.2) is 48.0 Å². The highest BCUT2D eigenvalue weighted by Crippen LogP contribution is 2.19. The average molecular weight is 346 g/mol. The van der Waals surface area contributed by atoms with Gasteiger partial charge in [-0.15, -0.1) is 11.3 Å². The Kier molecular flexibility index (Phi) is 5.19. The molecule has 3 N–H and O–H groups in total. The number of nitrogens with one attached hydrogen (secondary N) is 1. The third-order valence-electron chi connectivity index (χ3n) is 3.66. The summed E-state index contributed by atoms with van der Waals surface area (Å²) in [4.78, 5) is 30.9. The summed E-state index contributed by atoms with van der Waals surface area (Å²) in [5.41, 5.74) is 6.75. The van der Waals surface area contributed by atoms with E-state index < -0.39 is 0 Å². The first-order valence-electron chi connectivity index (χ1n) is 7.61. The van der Waals surface area contributed by atoms with Crippen LogP contribution in [0.1, 0.15) is 25.9 Å². The minimum Gasteiger partial charge on any atom is -0.378 e. The van der Waals surface area contributed by atoms with Crippen LogP contribution in [0.5, 0.6) is 0 Å². The molecule has 0 aliphatic carbocycles. The molecule has 0 radical (unpaired) electrons. The second kappa shape index (κ2) is 7.52. The number of para-hydroxylation sites is 1. The summed E-state index contributed by atoms with van der Waals surface area (Å²) in [7, 11) is 0. The van der Waals surface area contributed by atoms with Crippen molar-refractivity contribution >= 4 is 28.8 Å². The van der Waals surface area contributed by atoms with E-state index in [1.165, 1.54) is 11.3 Å². The van der Waals surface area contributed by atoms with Crippen molar-refractivity contribution in [3.63, 3.8) is 0 Å². The van der Waals surface area contributed by atoms with Gasteiger partial charge in [-0.3, -0.25) is 9.59 Å². The van der Waals surface area contributed by atoms with Crippen LogP contribution in [0.4, 0.5) is 5.69 Å². The zero-order valence-corrected chi connectivity index (χ0v) is 13.8. The van der Waals surface area contributed by atoms with Crippen LogP contribution in [0.2, 0.25) is 0 Å². The predicted octanol–water partition coefficient (Wildman–Crippen LogP) is 1.33. The lowest BCUT2D eigenvalue weighted by molar-refractivity contribution is 0.0303. The quantitative estimate of drug-likeness (QED) is 0.870. The summed E-state index contributed by atoms with van der Waals surface area (Å²) < 4.78 is 5.27. The van der Waals surface area contributed by atoms with Crippen molar-refractivity contribution in [1.82, 2.24) is 9.88 Å². The van der Waals surface area contributed by atoms with Crippen molar-refractivity contribution in [2.75, 3.05) is 31.6 Å². The molecule has 24 heavy (non-hydrogen) atoms. The number of hydrogen-bond acceptors (Lipinski definition) is 6. The molecule has 0 unspecified atom stereocenters. The molecule has 2 amide bonds. The Hall–Kier alpha value is -2.29. The van der Waals surface area contributed by atoms with Gasteiger partial charge in [-0.2, -0.15) is 0 Å². The molecule has 7 nitrogen and oxygen atoms in total. The van der Waals surface area contributed by atoms with E-state index in [9.17, 15) is 9.59 Å². The molecule has 2 aromatic rings. The number of rotatable bonds is 4. The van der Waals surface area contributed by atoms with Crippen LogP contribution in [0, 0.1) is 0 Å². The third kappa shape index (κ3) is 3.61. The zero-order chi connectivity index (χ0) is 16.9.